The van der Waals surface area contributed by atoms with Gasteiger partial charge in [-0.1, -0.05) is 23.4 Å². The first-order chi connectivity index (χ1) is 9.33. The number of rotatable bonds is 3. The second-order valence-corrected chi connectivity index (χ2v) is 4.40. The quantitative estimate of drug-likeness (QED) is 0.908. The molecule has 0 amide bonds. The molecule has 5 nitrogen and oxygen atoms in total. The van der Waals surface area contributed by atoms with Crippen LogP contribution < -0.4 is 5.32 Å². The molecule has 0 spiro atoms. The molecule has 1 N–H and O–H groups in total. The molecule has 1 saturated heterocycles. The number of nitrogens with zero attached hydrogens (tertiary/aromatic N) is 2. The Morgan fingerprint density at radius 1 is 1.37 bits per heavy atom. The van der Waals surface area contributed by atoms with Crippen molar-refractivity contribution in [3.8, 4) is 0 Å². The van der Waals surface area contributed by atoms with Gasteiger partial charge in [0.1, 0.15) is 11.9 Å². The third-order valence-electron chi connectivity index (χ3n) is 3.01. The number of hydrogen-bond acceptors (Lipinski definition) is 5. The number of hydrogen-bond donors (Lipinski definition) is 1. The first-order valence-electron chi connectivity index (χ1n) is 6.20. The van der Waals surface area contributed by atoms with Crippen LogP contribution >= 0.6 is 0 Å². The van der Waals surface area contributed by atoms with Crippen LogP contribution in [0.1, 0.15) is 23.3 Å². The van der Waals surface area contributed by atoms with E-state index in [0.717, 1.165) is 6.54 Å². The molecule has 1 atom stereocenters. The fraction of sp³-hybridized carbons (Fsp3) is 0.385. The average Bonchev–Trinajstić information content (AvgIpc) is 2.91. The Kier molecular flexibility index (Phi) is 3.52. The van der Waals surface area contributed by atoms with E-state index in [9.17, 15) is 4.39 Å². The molecule has 3 rings (SSSR count). The molecule has 100 valence electrons. The molecule has 0 aliphatic carbocycles. The van der Waals surface area contributed by atoms with Crippen LogP contribution in [0.4, 0.5) is 4.39 Å². The van der Waals surface area contributed by atoms with Gasteiger partial charge in [-0.25, -0.2) is 4.39 Å². The largest absolute Gasteiger partial charge is 0.378 e. The van der Waals surface area contributed by atoms with E-state index in [-0.39, 0.29) is 11.9 Å². The van der Waals surface area contributed by atoms with Crippen molar-refractivity contribution in [2.75, 3.05) is 19.8 Å². The van der Waals surface area contributed by atoms with Crippen molar-refractivity contribution in [1.29, 1.82) is 0 Å². The molecule has 1 aliphatic heterocycles. The second kappa shape index (κ2) is 5.46. The lowest BCUT2D eigenvalue weighted by atomic mass is 10.1. The molecular formula is C13H14FN3O2. The molecule has 1 aromatic heterocycles. The Morgan fingerprint density at radius 3 is 3.05 bits per heavy atom. The van der Waals surface area contributed by atoms with E-state index in [1.807, 2.05) is 0 Å². The van der Waals surface area contributed by atoms with Crippen molar-refractivity contribution in [1.82, 2.24) is 15.5 Å². The van der Waals surface area contributed by atoms with Crippen molar-refractivity contribution >= 4 is 0 Å². The molecule has 2 aromatic rings. The van der Waals surface area contributed by atoms with Crippen LogP contribution in [-0.2, 0) is 11.2 Å². The van der Waals surface area contributed by atoms with E-state index in [1.54, 1.807) is 18.2 Å². The van der Waals surface area contributed by atoms with Gasteiger partial charge >= 0.3 is 0 Å². The summed E-state index contributed by atoms with van der Waals surface area (Å²) in [5.74, 6) is 0.714. The maximum Gasteiger partial charge on any atom is 0.246 e. The molecular weight excluding hydrogens is 249 g/mol. The lowest BCUT2D eigenvalue weighted by Crippen LogP contribution is -2.34. The minimum Gasteiger partial charge on any atom is -0.378 e. The highest BCUT2D eigenvalue weighted by Gasteiger charge is 2.21. The van der Waals surface area contributed by atoms with Crippen LogP contribution in [0.3, 0.4) is 0 Å². The van der Waals surface area contributed by atoms with Gasteiger partial charge in [0.05, 0.1) is 13.2 Å². The summed E-state index contributed by atoms with van der Waals surface area (Å²) in [4.78, 5) is 4.28. The summed E-state index contributed by atoms with van der Waals surface area (Å²) in [6.07, 6.45) is 0.323. The Bertz CT molecular complexity index is 552. The molecule has 1 fully saturated rings. The van der Waals surface area contributed by atoms with Crippen molar-refractivity contribution in [3.05, 3.63) is 47.4 Å². The summed E-state index contributed by atoms with van der Waals surface area (Å²) < 4.78 is 24.0. The topological polar surface area (TPSA) is 60.2 Å². The van der Waals surface area contributed by atoms with Crippen molar-refractivity contribution in [2.24, 2.45) is 0 Å². The van der Waals surface area contributed by atoms with Crippen molar-refractivity contribution < 1.29 is 13.7 Å². The molecule has 0 saturated carbocycles. The average molecular weight is 263 g/mol. The van der Waals surface area contributed by atoms with E-state index in [2.05, 4.69) is 15.5 Å². The molecule has 0 radical (unpaired) electrons. The zero-order chi connectivity index (χ0) is 13.1. The van der Waals surface area contributed by atoms with Gasteiger partial charge in [-0.15, -0.1) is 0 Å². The zero-order valence-corrected chi connectivity index (χ0v) is 10.3. The maximum absolute atomic E-state index is 13.5. The standard InChI is InChI=1S/C13H14FN3O2/c14-10-4-2-1-3-9(10)7-12-16-13(19-17-12)11-8-18-6-5-15-11/h1-4,11,15H,5-8H2. The van der Waals surface area contributed by atoms with Gasteiger partial charge in [-0.2, -0.15) is 4.98 Å². The summed E-state index contributed by atoms with van der Waals surface area (Å²) in [6, 6.07) is 6.51. The highest BCUT2D eigenvalue weighted by atomic mass is 19.1. The first kappa shape index (κ1) is 12.3. The predicted molar refractivity (Wildman–Crippen MR) is 65.1 cm³/mol. The number of halogens is 1. The number of benzene rings is 1. The fourth-order valence-corrected chi connectivity index (χ4v) is 2.02. The lowest BCUT2D eigenvalue weighted by Gasteiger charge is -2.20. The Labute approximate surface area is 109 Å². The summed E-state index contributed by atoms with van der Waals surface area (Å²) in [5, 5.41) is 7.11. The number of aromatic nitrogens is 2. The van der Waals surface area contributed by atoms with Gasteiger partial charge in [-0.05, 0) is 11.6 Å². The zero-order valence-electron chi connectivity index (χ0n) is 10.3. The third-order valence-corrected chi connectivity index (χ3v) is 3.01. The highest BCUT2D eigenvalue weighted by molar-refractivity contribution is 5.20. The van der Waals surface area contributed by atoms with E-state index in [4.69, 9.17) is 9.26 Å². The second-order valence-electron chi connectivity index (χ2n) is 4.40. The van der Waals surface area contributed by atoms with Gasteiger partial charge in [0, 0.05) is 13.0 Å². The van der Waals surface area contributed by atoms with Crippen LogP contribution in [0.2, 0.25) is 0 Å². The van der Waals surface area contributed by atoms with Gasteiger partial charge in [0.15, 0.2) is 5.82 Å². The molecule has 0 bridgehead atoms. The van der Waals surface area contributed by atoms with Gasteiger partial charge in [0.25, 0.3) is 0 Å². The molecule has 1 aliphatic rings. The van der Waals surface area contributed by atoms with Crippen LogP contribution in [0, 0.1) is 5.82 Å². The van der Waals surface area contributed by atoms with Crippen molar-refractivity contribution in [2.45, 2.75) is 12.5 Å². The van der Waals surface area contributed by atoms with Crippen LogP contribution in [0.5, 0.6) is 0 Å². The minimum absolute atomic E-state index is 0.0735. The molecule has 1 unspecified atom stereocenters. The van der Waals surface area contributed by atoms with E-state index < -0.39 is 0 Å². The molecule has 19 heavy (non-hydrogen) atoms. The molecule has 2 heterocycles. The Balaban J connectivity index is 1.73. The fourth-order valence-electron chi connectivity index (χ4n) is 2.02. The summed E-state index contributed by atoms with van der Waals surface area (Å²) >= 11 is 0. The van der Waals surface area contributed by atoms with Gasteiger partial charge in [0.2, 0.25) is 5.89 Å². The number of ether oxygens (including phenoxy) is 1. The summed E-state index contributed by atoms with van der Waals surface area (Å²) in [7, 11) is 0. The predicted octanol–water partition coefficient (Wildman–Crippen LogP) is 1.46. The van der Waals surface area contributed by atoms with Gasteiger partial charge in [-0.3, -0.25) is 0 Å². The van der Waals surface area contributed by atoms with Crippen LogP contribution in [-0.4, -0.2) is 29.9 Å². The normalized spacial score (nSPS) is 19.5. The van der Waals surface area contributed by atoms with E-state index >= 15 is 0 Å². The molecule has 6 heteroatoms. The van der Waals surface area contributed by atoms with E-state index in [1.165, 1.54) is 6.07 Å². The van der Waals surface area contributed by atoms with E-state index in [0.29, 0.717) is 36.9 Å². The van der Waals surface area contributed by atoms with Crippen LogP contribution in [0.15, 0.2) is 28.8 Å². The highest BCUT2D eigenvalue weighted by Crippen LogP contribution is 2.16. The Morgan fingerprint density at radius 2 is 2.26 bits per heavy atom. The first-order valence-corrected chi connectivity index (χ1v) is 6.20. The van der Waals surface area contributed by atoms with Crippen LogP contribution in [0.25, 0.3) is 0 Å². The maximum atomic E-state index is 13.5. The third kappa shape index (κ3) is 2.80. The summed E-state index contributed by atoms with van der Waals surface area (Å²) in [6.45, 7) is 1.96. The Hall–Kier alpha value is -1.79. The lowest BCUT2D eigenvalue weighted by molar-refractivity contribution is 0.0659. The smallest absolute Gasteiger partial charge is 0.246 e. The van der Waals surface area contributed by atoms with Gasteiger partial charge < -0.3 is 14.6 Å². The number of nitrogens with one attached hydrogen (secondary N) is 1. The molecule has 1 aromatic carbocycles. The number of morpholine rings is 1. The monoisotopic (exact) mass is 263 g/mol. The SMILES string of the molecule is Fc1ccccc1Cc1noc(C2COCCN2)n1. The van der Waals surface area contributed by atoms with Crippen molar-refractivity contribution in [3.63, 3.8) is 0 Å². The summed E-state index contributed by atoms with van der Waals surface area (Å²) in [5.41, 5.74) is 0.558. The minimum atomic E-state index is -0.257.